The first kappa shape index (κ1) is 79.4. The van der Waals surface area contributed by atoms with Crippen LogP contribution in [0.2, 0.25) is 0 Å². The van der Waals surface area contributed by atoms with E-state index in [0.717, 1.165) is 96.3 Å². The number of allylic oxidation sites excluding steroid dienone is 8. The second-order valence-corrected chi connectivity index (χ2v) is 24.8. The summed E-state index contributed by atoms with van der Waals surface area (Å²) in [6.07, 6.45) is 90.4. The number of ether oxygens (including phenoxy) is 3. The fourth-order valence-corrected chi connectivity index (χ4v) is 11.1. The summed E-state index contributed by atoms with van der Waals surface area (Å²) in [7, 11) is 0. The van der Waals surface area contributed by atoms with Gasteiger partial charge in [0.15, 0.2) is 6.10 Å². The van der Waals surface area contributed by atoms with Crippen LogP contribution in [0.3, 0.4) is 0 Å². The van der Waals surface area contributed by atoms with E-state index in [4.69, 9.17) is 14.2 Å². The Hall–Kier alpha value is -2.63. The lowest BCUT2D eigenvalue weighted by Gasteiger charge is -2.18. The third-order valence-electron chi connectivity index (χ3n) is 16.6. The second kappa shape index (κ2) is 70.9. The third-order valence-corrected chi connectivity index (χ3v) is 16.6. The molecule has 0 aromatic heterocycles. The minimum absolute atomic E-state index is 0.0784. The maximum Gasteiger partial charge on any atom is 0.306 e. The van der Waals surface area contributed by atoms with Gasteiger partial charge in [-0.15, -0.1) is 0 Å². The van der Waals surface area contributed by atoms with E-state index in [1.807, 2.05) is 0 Å². The van der Waals surface area contributed by atoms with Crippen molar-refractivity contribution in [2.24, 2.45) is 0 Å². The van der Waals surface area contributed by atoms with Crippen LogP contribution < -0.4 is 0 Å². The fraction of sp³-hybridized carbons (Fsp3) is 0.855. The largest absolute Gasteiger partial charge is 0.462 e. The van der Waals surface area contributed by atoms with E-state index in [1.54, 1.807) is 0 Å². The number of hydrogen-bond donors (Lipinski definition) is 0. The Morgan fingerprint density at radius 3 is 0.744 bits per heavy atom. The maximum atomic E-state index is 12.9. The molecule has 0 aliphatic heterocycles. The molecule has 0 amide bonds. The molecular weight excluding hydrogens is 1010 g/mol. The van der Waals surface area contributed by atoms with E-state index >= 15 is 0 Å². The minimum atomic E-state index is -0.784. The lowest BCUT2D eigenvalue weighted by molar-refractivity contribution is -0.167. The molecule has 0 aromatic carbocycles. The van der Waals surface area contributed by atoms with Crippen LogP contribution in [0, 0.1) is 0 Å². The molecule has 0 fully saturated rings. The van der Waals surface area contributed by atoms with Crippen molar-refractivity contribution in [1.29, 1.82) is 0 Å². The van der Waals surface area contributed by atoms with Crippen molar-refractivity contribution in [3.05, 3.63) is 48.6 Å². The van der Waals surface area contributed by atoms with Gasteiger partial charge in [-0.2, -0.15) is 0 Å². The molecule has 1 unspecified atom stereocenters. The summed E-state index contributed by atoms with van der Waals surface area (Å²) >= 11 is 0. The normalized spacial score (nSPS) is 12.3. The van der Waals surface area contributed by atoms with Gasteiger partial charge in [0.2, 0.25) is 0 Å². The minimum Gasteiger partial charge on any atom is -0.462 e. The molecule has 6 heteroatoms. The van der Waals surface area contributed by atoms with Crippen LogP contribution in [0.4, 0.5) is 0 Å². The molecule has 0 aliphatic rings. The third kappa shape index (κ3) is 68.2. The molecule has 0 rings (SSSR count). The Morgan fingerprint density at radius 2 is 0.476 bits per heavy atom. The number of hydrogen-bond acceptors (Lipinski definition) is 6. The maximum absolute atomic E-state index is 12.9. The summed E-state index contributed by atoms with van der Waals surface area (Å²) in [4.78, 5) is 38.3. The molecule has 0 N–H and O–H groups in total. The van der Waals surface area contributed by atoms with E-state index in [-0.39, 0.29) is 31.1 Å². The van der Waals surface area contributed by atoms with Gasteiger partial charge in [-0.25, -0.2) is 0 Å². The first-order chi connectivity index (χ1) is 40.5. The predicted molar refractivity (Wildman–Crippen MR) is 358 cm³/mol. The van der Waals surface area contributed by atoms with Gasteiger partial charge in [0.05, 0.1) is 0 Å². The van der Waals surface area contributed by atoms with E-state index in [1.165, 1.54) is 263 Å². The van der Waals surface area contributed by atoms with Crippen LogP contribution in [0.1, 0.15) is 400 Å². The monoisotopic (exact) mass is 1150 g/mol. The highest BCUT2D eigenvalue weighted by atomic mass is 16.6. The standard InChI is InChI=1S/C76H140O6/c1-4-7-10-13-16-19-22-25-27-29-30-31-32-33-34-35-36-37-38-39-40-41-42-43-44-45-46-48-49-51-54-57-60-63-66-69-75(78)81-72-73(71-80-74(77)68-65-62-59-56-53-24-21-18-15-12-9-6-3)82-76(79)70-67-64-61-58-55-52-50-47-28-26-23-20-17-14-11-8-5-2/h8,11,17,20,26,28,50,52,73H,4-7,9-10,12-16,18-19,21-25,27,29-49,51,53-72H2,1-3H3/b11-8-,20-17-,28-26-,52-50-. The summed E-state index contributed by atoms with van der Waals surface area (Å²) in [5.41, 5.74) is 0. The van der Waals surface area contributed by atoms with Crippen LogP contribution in [0.25, 0.3) is 0 Å². The summed E-state index contributed by atoms with van der Waals surface area (Å²) < 4.78 is 16.9. The van der Waals surface area contributed by atoms with Gasteiger partial charge >= 0.3 is 17.9 Å². The number of carbonyl (C=O) groups is 3. The first-order valence-corrected chi connectivity index (χ1v) is 36.6. The highest BCUT2D eigenvalue weighted by molar-refractivity contribution is 5.71. The summed E-state index contributed by atoms with van der Waals surface area (Å²) in [5.74, 6) is -0.878. The Bertz CT molecular complexity index is 1410. The summed E-state index contributed by atoms with van der Waals surface area (Å²) in [5, 5.41) is 0. The van der Waals surface area contributed by atoms with Crippen molar-refractivity contribution >= 4 is 17.9 Å². The lowest BCUT2D eigenvalue weighted by Crippen LogP contribution is -2.30. The van der Waals surface area contributed by atoms with Gasteiger partial charge in [-0.3, -0.25) is 14.4 Å². The molecule has 0 spiro atoms. The lowest BCUT2D eigenvalue weighted by atomic mass is 10.0. The van der Waals surface area contributed by atoms with Gasteiger partial charge in [-0.05, 0) is 57.8 Å². The molecule has 0 heterocycles. The quantitative estimate of drug-likeness (QED) is 0.0261. The topological polar surface area (TPSA) is 78.9 Å². The van der Waals surface area contributed by atoms with E-state index in [2.05, 4.69) is 69.4 Å². The highest BCUT2D eigenvalue weighted by Crippen LogP contribution is 2.19. The first-order valence-electron chi connectivity index (χ1n) is 36.6. The van der Waals surface area contributed by atoms with Crippen molar-refractivity contribution in [3.63, 3.8) is 0 Å². The Labute approximate surface area is 511 Å². The number of carbonyl (C=O) groups excluding carboxylic acids is 3. The van der Waals surface area contributed by atoms with Crippen molar-refractivity contribution in [2.75, 3.05) is 13.2 Å². The van der Waals surface area contributed by atoms with Gasteiger partial charge in [0, 0.05) is 19.3 Å². The van der Waals surface area contributed by atoms with Crippen LogP contribution in [-0.4, -0.2) is 37.2 Å². The van der Waals surface area contributed by atoms with Crippen molar-refractivity contribution in [2.45, 2.75) is 406 Å². The molecule has 0 radical (unpaired) electrons. The van der Waals surface area contributed by atoms with Crippen LogP contribution >= 0.6 is 0 Å². The zero-order chi connectivity index (χ0) is 59.2. The van der Waals surface area contributed by atoms with Crippen LogP contribution in [-0.2, 0) is 28.6 Å². The average molecular weight is 1150 g/mol. The zero-order valence-electron chi connectivity index (χ0n) is 55.3. The molecule has 0 aromatic rings. The van der Waals surface area contributed by atoms with Gasteiger partial charge in [0.25, 0.3) is 0 Å². The van der Waals surface area contributed by atoms with Crippen molar-refractivity contribution in [1.82, 2.24) is 0 Å². The summed E-state index contributed by atoms with van der Waals surface area (Å²) in [6.45, 7) is 6.57. The Balaban J connectivity index is 4.06. The highest BCUT2D eigenvalue weighted by Gasteiger charge is 2.19. The van der Waals surface area contributed by atoms with Crippen molar-refractivity contribution < 1.29 is 28.6 Å². The van der Waals surface area contributed by atoms with E-state index in [0.29, 0.717) is 19.3 Å². The fourth-order valence-electron chi connectivity index (χ4n) is 11.1. The SMILES string of the molecule is CC/C=C\C/C=C\C/C=C\C/C=C\CCCCCCC(=O)OC(COC(=O)CCCCCCCCCCCCCC)COC(=O)CCCCCCCCCCCCCCCCCCCCCCCCCCCCCCCCCCCCC. The Kier molecular flexibility index (Phi) is 68.6. The number of rotatable bonds is 68. The Morgan fingerprint density at radius 1 is 0.256 bits per heavy atom. The number of unbranched alkanes of at least 4 members (excludes halogenated alkanes) is 49. The van der Waals surface area contributed by atoms with Gasteiger partial charge in [0.1, 0.15) is 13.2 Å². The van der Waals surface area contributed by atoms with Crippen molar-refractivity contribution in [3.8, 4) is 0 Å². The molecular formula is C76H140O6. The van der Waals surface area contributed by atoms with E-state index in [9.17, 15) is 14.4 Å². The van der Waals surface area contributed by atoms with Crippen LogP contribution in [0.5, 0.6) is 0 Å². The molecule has 0 saturated heterocycles. The molecule has 0 aliphatic carbocycles. The zero-order valence-corrected chi connectivity index (χ0v) is 55.3. The second-order valence-electron chi connectivity index (χ2n) is 24.8. The molecule has 0 saturated carbocycles. The average Bonchev–Trinajstić information content (AvgIpc) is 3.47. The predicted octanol–water partition coefficient (Wildman–Crippen LogP) is 25.3. The molecule has 0 bridgehead atoms. The van der Waals surface area contributed by atoms with Crippen LogP contribution in [0.15, 0.2) is 48.6 Å². The number of esters is 3. The smallest absolute Gasteiger partial charge is 0.306 e. The van der Waals surface area contributed by atoms with E-state index < -0.39 is 6.10 Å². The molecule has 6 nitrogen and oxygen atoms in total. The van der Waals surface area contributed by atoms with Gasteiger partial charge < -0.3 is 14.2 Å². The molecule has 480 valence electrons. The summed E-state index contributed by atoms with van der Waals surface area (Å²) in [6, 6.07) is 0. The molecule has 82 heavy (non-hydrogen) atoms. The van der Waals surface area contributed by atoms with Gasteiger partial charge in [-0.1, -0.05) is 371 Å². The molecule has 1 atom stereocenters.